The third kappa shape index (κ3) is 3.01. The normalized spacial score (nSPS) is 10.6. The number of anilines is 1. The standard InChI is InChI=1S/C12H13BrClN3/c1-8-12(7-17(2)16-8)15-6-9-5-10(13)3-4-11(9)14/h3-5,7,15H,6H2,1-2H3. The fraction of sp³-hybridized carbons (Fsp3) is 0.250. The van der Waals surface area contributed by atoms with Gasteiger partial charge in [0.1, 0.15) is 0 Å². The molecule has 5 heteroatoms. The smallest absolute Gasteiger partial charge is 0.0825 e. The van der Waals surface area contributed by atoms with Crippen molar-refractivity contribution in [2.45, 2.75) is 13.5 Å². The molecule has 0 aliphatic heterocycles. The minimum absolute atomic E-state index is 0.685. The molecular formula is C12H13BrClN3. The lowest BCUT2D eigenvalue weighted by Crippen LogP contribution is -2.00. The maximum absolute atomic E-state index is 6.13. The number of nitrogens with zero attached hydrogens (tertiary/aromatic N) is 2. The van der Waals surface area contributed by atoms with E-state index in [4.69, 9.17) is 11.6 Å². The first-order valence-electron chi connectivity index (χ1n) is 5.24. The molecule has 3 nitrogen and oxygen atoms in total. The molecule has 0 aliphatic rings. The molecule has 0 bridgehead atoms. The van der Waals surface area contributed by atoms with Crippen molar-refractivity contribution in [1.29, 1.82) is 0 Å². The van der Waals surface area contributed by atoms with Gasteiger partial charge in [0, 0.05) is 29.3 Å². The van der Waals surface area contributed by atoms with Gasteiger partial charge in [-0.15, -0.1) is 0 Å². The highest BCUT2D eigenvalue weighted by atomic mass is 79.9. The van der Waals surface area contributed by atoms with E-state index in [0.29, 0.717) is 6.54 Å². The fourth-order valence-electron chi connectivity index (χ4n) is 1.64. The molecule has 0 fully saturated rings. The number of halogens is 2. The summed E-state index contributed by atoms with van der Waals surface area (Å²) in [5, 5.41) is 8.37. The van der Waals surface area contributed by atoms with E-state index in [0.717, 1.165) is 26.4 Å². The lowest BCUT2D eigenvalue weighted by Gasteiger charge is -2.07. The summed E-state index contributed by atoms with van der Waals surface area (Å²) in [5.41, 5.74) is 3.08. The summed E-state index contributed by atoms with van der Waals surface area (Å²) < 4.78 is 2.82. The topological polar surface area (TPSA) is 29.9 Å². The van der Waals surface area contributed by atoms with Gasteiger partial charge in [-0.2, -0.15) is 5.10 Å². The van der Waals surface area contributed by atoms with Crippen molar-refractivity contribution in [2.24, 2.45) is 7.05 Å². The fourth-order valence-corrected chi connectivity index (χ4v) is 2.24. The van der Waals surface area contributed by atoms with Gasteiger partial charge in [-0.1, -0.05) is 27.5 Å². The molecule has 1 heterocycles. The van der Waals surface area contributed by atoms with Crippen LogP contribution in [-0.4, -0.2) is 9.78 Å². The highest BCUT2D eigenvalue weighted by Crippen LogP contribution is 2.22. The maximum atomic E-state index is 6.13. The molecule has 0 amide bonds. The van der Waals surface area contributed by atoms with Gasteiger partial charge in [-0.05, 0) is 30.7 Å². The Hall–Kier alpha value is -1.000. The number of benzene rings is 1. The van der Waals surface area contributed by atoms with Crippen molar-refractivity contribution < 1.29 is 0 Å². The van der Waals surface area contributed by atoms with E-state index in [9.17, 15) is 0 Å². The molecule has 0 unspecified atom stereocenters. The zero-order chi connectivity index (χ0) is 12.4. The van der Waals surface area contributed by atoms with Crippen LogP contribution in [0.25, 0.3) is 0 Å². The number of hydrogen-bond acceptors (Lipinski definition) is 2. The largest absolute Gasteiger partial charge is 0.378 e. The van der Waals surface area contributed by atoms with E-state index in [2.05, 4.69) is 26.3 Å². The number of aryl methyl sites for hydroxylation is 2. The van der Waals surface area contributed by atoms with Crippen molar-refractivity contribution in [1.82, 2.24) is 9.78 Å². The molecule has 17 heavy (non-hydrogen) atoms. The van der Waals surface area contributed by atoms with Crippen molar-refractivity contribution in [3.63, 3.8) is 0 Å². The molecule has 2 aromatic rings. The van der Waals surface area contributed by atoms with E-state index >= 15 is 0 Å². The number of nitrogens with one attached hydrogen (secondary N) is 1. The van der Waals surface area contributed by atoms with Crippen molar-refractivity contribution >= 4 is 33.2 Å². The maximum Gasteiger partial charge on any atom is 0.0825 e. The van der Waals surface area contributed by atoms with Gasteiger partial charge in [0.2, 0.25) is 0 Å². The quantitative estimate of drug-likeness (QED) is 0.935. The summed E-state index contributed by atoms with van der Waals surface area (Å²) in [6, 6.07) is 5.83. The molecule has 90 valence electrons. The lowest BCUT2D eigenvalue weighted by molar-refractivity contribution is 0.756. The molecule has 1 aromatic carbocycles. The zero-order valence-corrected chi connectivity index (χ0v) is 12.0. The van der Waals surface area contributed by atoms with Gasteiger partial charge in [-0.3, -0.25) is 4.68 Å². The van der Waals surface area contributed by atoms with E-state index in [1.165, 1.54) is 0 Å². The Morgan fingerprint density at radius 1 is 1.47 bits per heavy atom. The van der Waals surface area contributed by atoms with Crippen LogP contribution >= 0.6 is 27.5 Å². The van der Waals surface area contributed by atoms with E-state index in [1.807, 2.05) is 38.4 Å². The van der Waals surface area contributed by atoms with Gasteiger partial charge >= 0.3 is 0 Å². The highest BCUT2D eigenvalue weighted by molar-refractivity contribution is 9.10. The monoisotopic (exact) mass is 313 g/mol. The minimum Gasteiger partial charge on any atom is -0.378 e. The second-order valence-corrected chi connectivity index (χ2v) is 5.21. The second-order valence-electron chi connectivity index (χ2n) is 3.89. The van der Waals surface area contributed by atoms with Crippen LogP contribution in [0.1, 0.15) is 11.3 Å². The third-order valence-corrected chi connectivity index (χ3v) is 3.35. The zero-order valence-electron chi connectivity index (χ0n) is 9.67. The molecule has 0 atom stereocenters. The molecule has 0 radical (unpaired) electrons. The van der Waals surface area contributed by atoms with Crippen LogP contribution in [0.2, 0.25) is 5.02 Å². The first kappa shape index (κ1) is 12.5. The van der Waals surface area contributed by atoms with E-state index in [1.54, 1.807) is 4.68 Å². The Bertz CT molecular complexity index is 537. The first-order chi connectivity index (χ1) is 8.06. The molecule has 0 saturated heterocycles. The van der Waals surface area contributed by atoms with Crippen LogP contribution in [0.3, 0.4) is 0 Å². The summed E-state index contributed by atoms with van der Waals surface area (Å²) in [7, 11) is 1.91. The van der Waals surface area contributed by atoms with E-state index < -0.39 is 0 Å². The average molecular weight is 315 g/mol. The van der Waals surface area contributed by atoms with E-state index in [-0.39, 0.29) is 0 Å². The lowest BCUT2D eigenvalue weighted by atomic mass is 10.2. The summed E-state index contributed by atoms with van der Waals surface area (Å²) >= 11 is 9.56. The molecule has 0 saturated carbocycles. The molecular weight excluding hydrogens is 302 g/mol. The predicted molar refractivity (Wildman–Crippen MR) is 74.4 cm³/mol. The number of rotatable bonds is 3. The summed E-state index contributed by atoms with van der Waals surface area (Å²) in [4.78, 5) is 0. The predicted octanol–water partition coefficient (Wildman–Crippen LogP) is 3.76. The Morgan fingerprint density at radius 2 is 2.24 bits per heavy atom. The van der Waals surface area contributed by atoms with Crippen molar-refractivity contribution in [3.8, 4) is 0 Å². The van der Waals surface area contributed by atoms with Crippen molar-refractivity contribution in [3.05, 3.63) is 45.1 Å². The molecule has 0 spiro atoms. The summed E-state index contributed by atoms with van der Waals surface area (Å²) in [6.07, 6.45) is 1.96. The van der Waals surface area contributed by atoms with Crippen LogP contribution in [0.5, 0.6) is 0 Å². The third-order valence-electron chi connectivity index (χ3n) is 2.49. The van der Waals surface area contributed by atoms with Crippen LogP contribution < -0.4 is 5.32 Å². The van der Waals surface area contributed by atoms with Gasteiger partial charge in [0.05, 0.1) is 11.4 Å². The highest BCUT2D eigenvalue weighted by Gasteiger charge is 2.05. The number of hydrogen-bond donors (Lipinski definition) is 1. The Labute approximate surface area is 114 Å². The average Bonchev–Trinajstić information content (AvgIpc) is 2.59. The summed E-state index contributed by atoms with van der Waals surface area (Å²) in [6.45, 7) is 2.66. The molecule has 0 aliphatic carbocycles. The van der Waals surface area contributed by atoms with Crippen LogP contribution in [-0.2, 0) is 13.6 Å². The van der Waals surface area contributed by atoms with Crippen LogP contribution in [0.15, 0.2) is 28.9 Å². The van der Waals surface area contributed by atoms with Gasteiger partial charge < -0.3 is 5.32 Å². The summed E-state index contributed by atoms with van der Waals surface area (Å²) in [5.74, 6) is 0. The molecule has 1 N–H and O–H groups in total. The molecule has 1 aromatic heterocycles. The van der Waals surface area contributed by atoms with Crippen LogP contribution in [0.4, 0.5) is 5.69 Å². The molecule has 2 rings (SSSR count). The number of aromatic nitrogens is 2. The van der Waals surface area contributed by atoms with Crippen molar-refractivity contribution in [2.75, 3.05) is 5.32 Å². The van der Waals surface area contributed by atoms with Gasteiger partial charge in [-0.25, -0.2) is 0 Å². The minimum atomic E-state index is 0.685. The van der Waals surface area contributed by atoms with Crippen LogP contribution in [0, 0.1) is 6.92 Å². The Balaban J connectivity index is 2.12. The first-order valence-corrected chi connectivity index (χ1v) is 6.41. The Morgan fingerprint density at radius 3 is 2.88 bits per heavy atom. The SMILES string of the molecule is Cc1nn(C)cc1NCc1cc(Br)ccc1Cl. The van der Waals surface area contributed by atoms with Gasteiger partial charge in [0.25, 0.3) is 0 Å². The van der Waals surface area contributed by atoms with Gasteiger partial charge in [0.15, 0.2) is 0 Å². The Kier molecular flexibility index (Phi) is 3.74. The second kappa shape index (κ2) is 5.10.